The van der Waals surface area contributed by atoms with Crippen LogP contribution in [0.25, 0.3) is 0 Å². The largest absolute Gasteiger partial charge is 0.394 e. The molecule has 2 saturated heterocycles. The lowest BCUT2D eigenvalue weighted by atomic mass is 9.84. The molecule has 3 rings (SSSR count). The molecule has 188 valence electrons. The second kappa shape index (κ2) is 10.4. The van der Waals surface area contributed by atoms with Crippen LogP contribution in [0.3, 0.4) is 0 Å². The van der Waals surface area contributed by atoms with E-state index in [1.165, 1.54) is 0 Å². The van der Waals surface area contributed by atoms with E-state index in [-0.39, 0.29) is 6.42 Å². The van der Waals surface area contributed by atoms with Gasteiger partial charge < -0.3 is 72.5 Å². The first-order chi connectivity index (χ1) is 15.0. The molecule has 14 heteroatoms. The first kappa shape index (κ1) is 26.1. The van der Waals surface area contributed by atoms with E-state index in [2.05, 4.69) is 0 Å². The van der Waals surface area contributed by atoms with Crippen molar-refractivity contribution in [2.24, 2.45) is 22.9 Å². The van der Waals surface area contributed by atoms with E-state index < -0.39 is 98.3 Å². The fourth-order valence-electron chi connectivity index (χ4n) is 4.36. The zero-order valence-corrected chi connectivity index (χ0v) is 17.7. The molecule has 2 aliphatic heterocycles. The summed E-state index contributed by atoms with van der Waals surface area (Å²) in [5.41, 5.74) is 23.9. The Labute approximate surface area is 185 Å². The van der Waals surface area contributed by atoms with Crippen LogP contribution >= 0.6 is 0 Å². The van der Waals surface area contributed by atoms with Crippen LogP contribution in [0.1, 0.15) is 13.3 Å². The van der Waals surface area contributed by atoms with Crippen molar-refractivity contribution in [2.75, 3.05) is 6.61 Å². The van der Waals surface area contributed by atoms with Crippen LogP contribution in [0, 0.1) is 0 Å². The van der Waals surface area contributed by atoms with Gasteiger partial charge in [0, 0.05) is 18.1 Å². The molecule has 0 aromatic heterocycles. The molecule has 14 N–H and O–H groups in total. The molecule has 15 atom stereocenters. The average molecular weight is 469 g/mol. The highest BCUT2D eigenvalue weighted by Gasteiger charge is 2.52. The Morgan fingerprint density at radius 1 is 0.812 bits per heavy atom. The second-order valence-electron chi connectivity index (χ2n) is 8.85. The fourth-order valence-corrected chi connectivity index (χ4v) is 4.36. The molecular weight excluding hydrogens is 432 g/mol. The summed E-state index contributed by atoms with van der Waals surface area (Å²) in [5, 5.41) is 60.8. The van der Waals surface area contributed by atoms with Crippen molar-refractivity contribution in [1.29, 1.82) is 0 Å². The van der Waals surface area contributed by atoms with Gasteiger partial charge in [-0.05, 0) is 13.3 Å². The fraction of sp³-hybridized carbons (Fsp3) is 1.00. The van der Waals surface area contributed by atoms with Crippen LogP contribution in [0.5, 0.6) is 0 Å². The number of hydrogen-bond donors (Lipinski definition) is 10. The first-order valence-electron chi connectivity index (χ1n) is 10.6. The highest BCUT2D eigenvalue weighted by atomic mass is 16.7. The Balaban J connectivity index is 1.78. The summed E-state index contributed by atoms with van der Waals surface area (Å²) in [7, 11) is 0. The molecule has 1 aliphatic carbocycles. The predicted molar refractivity (Wildman–Crippen MR) is 106 cm³/mol. The van der Waals surface area contributed by atoms with E-state index in [0.29, 0.717) is 0 Å². The van der Waals surface area contributed by atoms with Crippen molar-refractivity contribution >= 4 is 0 Å². The summed E-state index contributed by atoms with van der Waals surface area (Å²) in [6.07, 6.45) is -13.9. The summed E-state index contributed by atoms with van der Waals surface area (Å²) in [5.74, 6) is 0. The molecule has 0 radical (unpaired) electrons. The number of aliphatic hydroxyl groups excluding tert-OH is 6. The number of ether oxygens (including phenoxy) is 4. The maximum absolute atomic E-state index is 10.7. The molecule has 0 aromatic rings. The predicted octanol–water partition coefficient (Wildman–Crippen LogP) is -6.26. The summed E-state index contributed by atoms with van der Waals surface area (Å²) in [6.45, 7) is 0.989. The molecule has 0 bridgehead atoms. The Bertz CT molecular complexity index is 618. The van der Waals surface area contributed by atoms with Crippen LogP contribution in [0.15, 0.2) is 0 Å². The quantitative estimate of drug-likeness (QED) is 0.174. The maximum Gasteiger partial charge on any atom is 0.187 e. The number of aliphatic hydroxyl groups is 6. The molecule has 3 aliphatic rings. The number of nitrogens with two attached hydrogens (primary N) is 4. The topological polar surface area (TPSA) is 262 Å². The van der Waals surface area contributed by atoms with Gasteiger partial charge in [0.15, 0.2) is 12.6 Å². The molecule has 32 heavy (non-hydrogen) atoms. The molecular formula is C18H36N4O10. The monoisotopic (exact) mass is 468 g/mol. The average Bonchev–Trinajstić information content (AvgIpc) is 3.03. The van der Waals surface area contributed by atoms with E-state index in [9.17, 15) is 30.6 Å². The summed E-state index contributed by atoms with van der Waals surface area (Å²) >= 11 is 0. The minimum atomic E-state index is -1.46. The molecule has 14 nitrogen and oxygen atoms in total. The van der Waals surface area contributed by atoms with Crippen molar-refractivity contribution in [1.82, 2.24) is 0 Å². The minimum absolute atomic E-state index is 0.140. The van der Waals surface area contributed by atoms with Crippen molar-refractivity contribution in [3.63, 3.8) is 0 Å². The van der Waals surface area contributed by atoms with Gasteiger partial charge in [-0.25, -0.2) is 0 Å². The van der Waals surface area contributed by atoms with Crippen molar-refractivity contribution < 1.29 is 49.6 Å². The summed E-state index contributed by atoms with van der Waals surface area (Å²) in [6, 6.07) is -3.39. The zero-order valence-electron chi connectivity index (χ0n) is 17.7. The number of rotatable bonds is 6. The highest BCUT2D eigenvalue weighted by Crippen LogP contribution is 2.32. The molecule has 0 spiro atoms. The van der Waals surface area contributed by atoms with Gasteiger partial charge in [0.25, 0.3) is 0 Å². The van der Waals surface area contributed by atoms with Gasteiger partial charge in [0.05, 0.1) is 18.8 Å². The van der Waals surface area contributed by atoms with Gasteiger partial charge in [0.2, 0.25) is 0 Å². The molecule has 1 saturated carbocycles. The lowest BCUT2D eigenvalue weighted by molar-refractivity contribution is -0.310. The van der Waals surface area contributed by atoms with Crippen LogP contribution < -0.4 is 22.9 Å². The van der Waals surface area contributed by atoms with Crippen LogP contribution in [-0.2, 0) is 18.9 Å². The van der Waals surface area contributed by atoms with Crippen molar-refractivity contribution in [3.8, 4) is 0 Å². The lowest BCUT2D eigenvalue weighted by Crippen LogP contribution is -2.68. The van der Waals surface area contributed by atoms with Gasteiger partial charge in [0.1, 0.15) is 48.8 Å². The lowest BCUT2D eigenvalue weighted by Gasteiger charge is -2.47. The summed E-state index contributed by atoms with van der Waals surface area (Å²) < 4.78 is 22.7. The third-order valence-corrected chi connectivity index (χ3v) is 6.35. The molecule has 0 unspecified atom stereocenters. The van der Waals surface area contributed by atoms with Crippen LogP contribution in [-0.4, -0.2) is 129 Å². The van der Waals surface area contributed by atoms with Gasteiger partial charge in [-0.15, -0.1) is 0 Å². The standard InChI is InChI=1S/C18H36N4O10/c1-4(19)14-12(27)13(28)18(30-14)32-16-9(24)5(20)2-6(21)15(16)31-17-8(22)11(26)10(25)7(3-23)29-17/h4-18,23-28H,2-3,19-22H2,1H3/t4-,5-,6+,7-,8-,9+,10-,11-,12+,13-,14-,15-,16-,17-,18+/m1/s1. The Morgan fingerprint density at radius 3 is 2.00 bits per heavy atom. The Kier molecular flexibility index (Phi) is 8.44. The SMILES string of the molecule is C[C@@H](N)[C@H]1O[C@@H](O[C@@H]2[C@@H](O)[C@H](N)C[C@H](N)[C@H]2O[C@H]2O[C@H](CO)[C@@H](O)[C@H](O)[C@H]2N)[C@H](O)[C@@H]1O. The van der Waals surface area contributed by atoms with Crippen molar-refractivity contribution in [2.45, 2.75) is 105 Å². The molecule has 2 heterocycles. The van der Waals surface area contributed by atoms with E-state index in [1.807, 2.05) is 0 Å². The Hall–Kier alpha value is -0.560. The van der Waals surface area contributed by atoms with Crippen LogP contribution in [0.4, 0.5) is 0 Å². The van der Waals surface area contributed by atoms with E-state index in [0.717, 1.165) is 0 Å². The van der Waals surface area contributed by atoms with E-state index >= 15 is 0 Å². The number of hydrogen-bond acceptors (Lipinski definition) is 14. The highest BCUT2D eigenvalue weighted by molar-refractivity contribution is 5.01. The normalized spacial score (nSPS) is 53.3. The minimum Gasteiger partial charge on any atom is -0.394 e. The van der Waals surface area contributed by atoms with Gasteiger partial charge >= 0.3 is 0 Å². The van der Waals surface area contributed by atoms with Gasteiger partial charge in [-0.3, -0.25) is 0 Å². The van der Waals surface area contributed by atoms with Gasteiger partial charge in [-0.1, -0.05) is 0 Å². The molecule has 0 amide bonds. The smallest absolute Gasteiger partial charge is 0.187 e. The van der Waals surface area contributed by atoms with Crippen molar-refractivity contribution in [3.05, 3.63) is 0 Å². The summed E-state index contributed by atoms with van der Waals surface area (Å²) in [4.78, 5) is 0. The van der Waals surface area contributed by atoms with E-state index in [1.54, 1.807) is 6.92 Å². The van der Waals surface area contributed by atoms with Gasteiger partial charge in [-0.2, -0.15) is 0 Å². The first-order valence-corrected chi connectivity index (χ1v) is 10.6. The second-order valence-corrected chi connectivity index (χ2v) is 8.85. The third kappa shape index (κ3) is 4.94. The zero-order chi connectivity index (χ0) is 23.9. The third-order valence-electron chi connectivity index (χ3n) is 6.35. The molecule has 3 fully saturated rings. The molecule has 0 aromatic carbocycles. The van der Waals surface area contributed by atoms with Crippen LogP contribution in [0.2, 0.25) is 0 Å². The Morgan fingerprint density at radius 2 is 1.44 bits per heavy atom. The van der Waals surface area contributed by atoms with E-state index in [4.69, 9.17) is 41.9 Å². The maximum atomic E-state index is 10.7.